The Bertz CT molecular complexity index is 1800. The zero-order valence-electron chi connectivity index (χ0n) is 20.0. The summed E-state index contributed by atoms with van der Waals surface area (Å²) < 4.78 is 1.01. The minimum atomic E-state index is -0.651. The lowest BCUT2D eigenvalue weighted by Crippen LogP contribution is -2.31. The fraction of sp³-hybridized carbons (Fsp3) is 0.0690. The van der Waals surface area contributed by atoms with Crippen molar-refractivity contribution in [3.8, 4) is 11.8 Å². The highest BCUT2D eigenvalue weighted by Gasteiger charge is 2.20. The number of carbonyl (C=O) groups excluding carboxylic acids is 1. The van der Waals surface area contributed by atoms with Crippen LogP contribution in [-0.4, -0.2) is 21.9 Å². The normalized spacial score (nSPS) is 11.2. The molecule has 0 fully saturated rings. The summed E-state index contributed by atoms with van der Waals surface area (Å²) in [5.74, 6) is -0.651. The van der Waals surface area contributed by atoms with Crippen LogP contribution in [0.2, 0.25) is 5.02 Å². The first-order chi connectivity index (χ1) is 17.9. The summed E-state index contributed by atoms with van der Waals surface area (Å²) in [6, 6.07) is 24.8. The fourth-order valence-corrected chi connectivity index (χ4v) is 4.41. The van der Waals surface area contributed by atoms with Crippen LogP contribution in [0, 0.1) is 25.2 Å². The molecule has 0 radical (unpaired) electrons. The quantitative estimate of drug-likeness (QED) is 0.199. The van der Waals surface area contributed by atoms with Gasteiger partial charge in [-0.1, -0.05) is 66.2 Å². The van der Waals surface area contributed by atoms with Gasteiger partial charge in [0, 0.05) is 16.1 Å². The molecule has 1 aromatic heterocycles. The minimum Gasteiger partial charge on any atom is -0.266 e. The van der Waals surface area contributed by atoms with Crippen LogP contribution in [0.5, 0.6) is 0 Å². The van der Waals surface area contributed by atoms with Crippen molar-refractivity contribution < 1.29 is 4.79 Å². The van der Waals surface area contributed by atoms with Gasteiger partial charge in [0.1, 0.15) is 11.6 Å². The summed E-state index contributed by atoms with van der Waals surface area (Å²) >= 11 is 6.23. The molecule has 0 saturated heterocycles. The molecule has 0 aliphatic heterocycles. The van der Waals surface area contributed by atoms with Gasteiger partial charge in [0.25, 0.3) is 11.5 Å². The molecule has 0 atom stereocenters. The number of nitrogens with zero attached hydrogens (tertiary/aromatic N) is 4. The number of aromatic nitrogens is 2. The number of nitrogens with one attached hydrogen (secondary N) is 1. The van der Waals surface area contributed by atoms with Crippen LogP contribution < -0.4 is 11.0 Å². The monoisotopic (exact) mass is 505 g/mol. The molecular weight excluding hydrogens is 486 g/mol. The number of nitriles is 1. The highest BCUT2D eigenvalue weighted by molar-refractivity contribution is 6.31. The average Bonchev–Trinajstić information content (AvgIpc) is 2.90. The van der Waals surface area contributed by atoms with Crippen molar-refractivity contribution in [2.75, 3.05) is 0 Å². The number of aryl methyl sites for hydroxylation is 1. The lowest BCUT2D eigenvalue weighted by molar-refractivity contribution is 0.0947. The van der Waals surface area contributed by atoms with Gasteiger partial charge in [0.15, 0.2) is 5.69 Å². The van der Waals surface area contributed by atoms with Crippen LogP contribution in [0.3, 0.4) is 0 Å². The summed E-state index contributed by atoms with van der Waals surface area (Å²) in [5.41, 5.74) is 3.79. The molecule has 7 nitrogen and oxygen atoms in total. The van der Waals surface area contributed by atoms with Gasteiger partial charge in [0.2, 0.25) is 0 Å². The molecule has 0 unspecified atom stereocenters. The van der Waals surface area contributed by atoms with Crippen molar-refractivity contribution in [3.05, 3.63) is 116 Å². The number of amides is 1. The number of hydrazone groups is 1. The van der Waals surface area contributed by atoms with E-state index < -0.39 is 11.5 Å². The average molecular weight is 506 g/mol. The van der Waals surface area contributed by atoms with Crippen LogP contribution in [0.15, 0.2) is 82.7 Å². The van der Waals surface area contributed by atoms with Crippen LogP contribution in [-0.2, 0) is 0 Å². The minimum absolute atomic E-state index is 0.0900. The summed E-state index contributed by atoms with van der Waals surface area (Å²) in [4.78, 5) is 26.0. The largest absolute Gasteiger partial charge is 0.292 e. The van der Waals surface area contributed by atoms with Gasteiger partial charge in [-0.25, -0.2) is 5.43 Å². The van der Waals surface area contributed by atoms with Crippen molar-refractivity contribution in [2.45, 2.75) is 13.8 Å². The van der Waals surface area contributed by atoms with Crippen molar-refractivity contribution >= 4 is 45.3 Å². The molecule has 8 heteroatoms. The number of halogens is 1. The predicted octanol–water partition coefficient (Wildman–Crippen LogP) is 5.44. The molecule has 37 heavy (non-hydrogen) atoms. The maximum atomic E-state index is 13.1. The number of hydrogen-bond acceptors (Lipinski definition) is 5. The Balaban J connectivity index is 1.55. The third-order valence-corrected chi connectivity index (χ3v) is 6.64. The summed E-state index contributed by atoms with van der Waals surface area (Å²) in [6.07, 6.45) is 1.60. The first-order valence-electron chi connectivity index (χ1n) is 11.4. The van der Waals surface area contributed by atoms with E-state index in [4.69, 9.17) is 11.6 Å². The Morgan fingerprint density at radius 1 is 1.03 bits per heavy atom. The van der Waals surface area contributed by atoms with Gasteiger partial charge in [-0.2, -0.15) is 20.1 Å². The first-order valence-corrected chi connectivity index (χ1v) is 11.8. The van der Waals surface area contributed by atoms with Gasteiger partial charge in [0.05, 0.1) is 11.9 Å². The molecule has 1 amide bonds. The maximum Gasteiger partial charge on any atom is 0.292 e. The summed E-state index contributed by atoms with van der Waals surface area (Å²) in [6.45, 7) is 3.34. The number of carbonyl (C=O) groups is 1. The van der Waals surface area contributed by atoms with E-state index in [1.807, 2.05) is 61.5 Å². The third-order valence-electron chi connectivity index (χ3n) is 6.24. The Kier molecular flexibility index (Phi) is 6.26. The van der Waals surface area contributed by atoms with E-state index >= 15 is 0 Å². The lowest BCUT2D eigenvalue weighted by atomic mass is 9.97. The highest BCUT2D eigenvalue weighted by Crippen LogP contribution is 2.27. The molecule has 4 aromatic carbocycles. The van der Waals surface area contributed by atoms with E-state index in [1.54, 1.807) is 24.4 Å². The SMILES string of the molecule is Cc1ccc(-n2nc(C(=O)N/N=C\c3c4ccccc4cc4ccccc34)c(C)c(C#N)c2=O)cc1Cl. The molecule has 1 heterocycles. The smallest absolute Gasteiger partial charge is 0.266 e. The first kappa shape index (κ1) is 23.9. The van der Waals surface area contributed by atoms with Gasteiger partial charge in [-0.05, 0) is 59.2 Å². The number of rotatable bonds is 4. The second kappa shape index (κ2) is 9.69. The molecule has 5 aromatic rings. The van der Waals surface area contributed by atoms with Crippen molar-refractivity contribution in [1.82, 2.24) is 15.2 Å². The van der Waals surface area contributed by atoms with Crippen LogP contribution in [0.1, 0.15) is 32.7 Å². The van der Waals surface area contributed by atoms with E-state index in [2.05, 4.69) is 21.7 Å². The van der Waals surface area contributed by atoms with Crippen LogP contribution in [0.25, 0.3) is 27.2 Å². The third kappa shape index (κ3) is 4.35. The van der Waals surface area contributed by atoms with Crippen molar-refractivity contribution in [1.29, 1.82) is 5.26 Å². The summed E-state index contributed by atoms with van der Waals surface area (Å²) in [5, 5.41) is 22.6. The van der Waals surface area contributed by atoms with Gasteiger partial charge >= 0.3 is 0 Å². The molecule has 180 valence electrons. The topological polar surface area (TPSA) is 100 Å². The highest BCUT2D eigenvalue weighted by atomic mass is 35.5. The maximum absolute atomic E-state index is 13.1. The van der Waals surface area contributed by atoms with Gasteiger partial charge < -0.3 is 0 Å². The molecule has 0 aliphatic rings. The number of fused-ring (bicyclic) bond motifs is 2. The van der Waals surface area contributed by atoms with E-state index in [-0.39, 0.29) is 16.8 Å². The van der Waals surface area contributed by atoms with Crippen LogP contribution >= 0.6 is 11.6 Å². The molecule has 1 N–H and O–H groups in total. The number of benzene rings is 4. The molecule has 0 spiro atoms. The van der Waals surface area contributed by atoms with Crippen molar-refractivity contribution in [2.24, 2.45) is 5.10 Å². The zero-order valence-corrected chi connectivity index (χ0v) is 20.7. The molecule has 0 bridgehead atoms. The predicted molar refractivity (Wildman–Crippen MR) is 146 cm³/mol. The van der Waals surface area contributed by atoms with E-state index in [9.17, 15) is 14.9 Å². The van der Waals surface area contributed by atoms with Crippen LogP contribution in [0.4, 0.5) is 0 Å². The molecular formula is C29H20ClN5O2. The van der Waals surface area contributed by atoms with E-state index in [1.165, 1.54) is 6.92 Å². The molecule has 0 aliphatic carbocycles. The van der Waals surface area contributed by atoms with E-state index in [0.717, 1.165) is 37.4 Å². The van der Waals surface area contributed by atoms with E-state index in [0.29, 0.717) is 10.7 Å². The van der Waals surface area contributed by atoms with Crippen molar-refractivity contribution in [3.63, 3.8) is 0 Å². The summed E-state index contributed by atoms with van der Waals surface area (Å²) in [7, 11) is 0. The standard InChI is InChI=1S/C29H20ClN5O2/c1-17-11-12-21(14-26(17)30)35-29(37)24(15-31)18(2)27(34-35)28(36)33-32-16-25-22-9-5-3-7-19(22)13-20-8-4-6-10-23(20)25/h3-14,16H,1-2H3,(H,33,36)/b32-16-. The Morgan fingerprint density at radius 3 is 2.30 bits per heavy atom. The second-order valence-corrected chi connectivity index (χ2v) is 8.95. The molecule has 5 rings (SSSR count). The zero-order chi connectivity index (χ0) is 26.1. The van der Waals surface area contributed by atoms with Gasteiger partial charge in [-0.3, -0.25) is 9.59 Å². The lowest BCUT2D eigenvalue weighted by Gasteiger charge is -2.11. The number of hydrogen-bond donors (Lipinski definition) is 1. The second-order valence-electron chi connectivity index (χ2n) is 8.54. The Morgan fingerprint density at radius 2 is 1.68 bits per heavy atom. The fourth-order valence-electron chi connectivity index (χ4n) is 4.24. The Hall–Kier alpha value is -4.80. The van der Waals surface area contributed by atoms with Gasteiger partial charge in [-0.15, -0.1) is 0 Å². The molecule has 0 saturated carbocycles. The Labute approximate surface area is 217 Å².